The molecule has 1 unspecified atom stereocenters. The van der Waals surface area contributed by atoms with Gasteiger partial charge in [0.05, 0.1) is 24.9 Å². The van der Waals surface area contributed by atoms with Gasteiger partial charge in [-0.3, -0.25) is 0 Å². The number of amides is 2. The number of halogens is 1. The Morgan fingerprint density at radius 3 is 2.80 bits per heavy atom. The fourth-order valence-electron chi connectivity index (χ4n) is 1.56. The molecule has 0 bridgehead atoms. The van der Waals surface area contributed by atoms with Crippen molar-refractivity contribution in [3.05, 3.63) is 23.2 Å². The summed E-state index contributed by atoms with van der Waals surface area (Å²) in [5.74, 6) is 0.573. The first-order valence-electron chi connectivity index (χ1n) is 6.71. The van der Waals surface area contributed by atoms with Crippen molar-refractivity contribution in [1.29, 1.82) is 0 Å². The van der Waals surface area contributed by atoms with Gasteiger partial charge in [-0.2, -0.15) is 0 Å². The van der Waals surface area contributed by atoms with Crippen LogP contribution in [-0.2, 0) is 0 Å². The standard InChI is InChI=1S/C14H21ClN2O3/c1-3-7-20-13-6-5-10(15)8-12(13)17-14(19)16-11(4-2)9-18/h5-6,8,11,18H,3-4,7,9H2,1-2H3,(H2,16,17,19). The fraction of sp³-hybridized carbons (Fsp3) is 0.500. The van der Waals surface area contributed by atoms with Crippen molar-refractivity contribution >= 4 is 23.3 Å². The lowest BCUT2D eigenvalue weighted by Gasteiger charge is -2.16. The SMILES string of the molecule is CCCOc1ccc(Cl)cc1NC(=O)NC(CC)CO. The average Bonchev–Trinajstić information content (AvgIpc) is 2.44. The van der Waals surface area contributed by atoms with Gasteiger partial charge in [-0.25, -0.2) is 4.79 Å². The van der Waals surface area contributed by atoms with Crippen molar-refractivity contribution in [2.75, 3.05) is 18.5 Å². The number of urea groups is 1. The van der Waals surface area contributed by atoms with Crippen LogP contribution in [0.3, 0.4) is 0 Å². The smallest absolute Gasteiger partial charge is 0.319 e. The molecule has 20 heavy (non-hydrogen) atoms. The number of aliphatic hydroxyl groups is 1. The first kappa shape index (κ1) is 16.6. The second-order valence-corrected chi connectivity index (χ2v) is 4.81. The van der Waals surface area contributed by atoms with Crippen LogP contribution in [0.4, 0.5) is 10.5 Å². The van der Waals surface area contributed by atoms with Crippen LogP contribution in [0.15, 0.2) is 18.2 Å². The highest BCUT2D eigenvalue weighted by Gasteiger charge is 2.12. The molecule has 112 valence electrons. The van der Waals surface area contributed by atoms with E-state index in [-0.39, 0.29) is 12.6 Å². The number of aliphatic hydroxyl groups excluding tert-OH is 1. The van der Waals surface area contributed by atoms with E-state index in [0.717, 1.165) is 6.42 Å². The normalized spacial score (nSPS) is 11.8. The highest BCUT2D eigenvalue weighted by Crippen LogP contribution is 2.28. The predicted molar refractivity (Wildman–Crippen MR) is 80.6 cm³/mol. The Labute approximate surface area is 124 Å². The quantitative estimate of drug-likeness (QED) is 0.725. The molecule has 0 aliphatic heterocycles. The van der Waals surface area contributed by atoms with Crippen LogP contribution in [0.1, 0.15) is 26.7 Å². The molecule has 3 N–H and O–H groups in total. The molecule has 1 aromatic carbocycles. The minimum atomic E-state index is -0.394. The van der Waals surface area contributed by atoms with Crippen molar-refractivity contribution in [3.8, 4) is 5.75 Å². The van der Waals surface area contributed by atoms with Crippen LogP contribution >= 0.6 is 11.6 Å². The highest BCUT2D eigenvalue weighted by atomic mass is 35.5. The van der Waals surface area contributed by atoms with E-state index in [4.69, 9.17) is 21.4 Å². The van der Waals surface area contributed by atoms with Crippen molar-refractivity contribution in [1.82, 2.24) is 5.32 Å². The topological polar surface area (TPSA) is 70.6 Å². The highest BCUT2D eigenvalue weighted by molar-refractivity contribution is 6.31. The summed E-state index contributed by atoms with van der Waals surface area (Å²) in [5.41, 5.74) is 0.510. The van der Waals surface area contributed by atoms with Gasteiger partial charge in [0.1, 0.15) is 5.75 Å². The van der Waals surface area contributed by atoms with Gasteiger partial charge in [-0.1, -0.05) is 25.4 Å². The van der Waals surface area contributed by atoms with Gasteiger partial charge in [-0.15, -0.1) is 0 Å². The second-order valence-electron chi connectivity index (χ2n) is 4.38. The molecule has 0 saturated carbocycles. The maximum Gasteiger partial charge on any atom is 0.319 e. The van der Waals surface area contributed by atoms with Crippen LogP contribution in [0.5, 0.6) is 5.75 Å². The Kier molecular flexibility index (Phi) is 7.18. The van der Waals surface area contributed by atoms with E-state index in [0.29, 0.717) is 29.5 Å². The summed E-state index contributed by atoms with van der Waals surface area (Å²) >= 11 is 5.93. The maximum atomic E-state index is 11.8. The number of carbonyl (C=O) groups is 1. The maximum absolute atomic E-state index is 11.8. The van der Waals surface area contributed by atoms with E-state index < -0.39 is 6.03 Å². The number of rotatable bonds is 7. The monoisotopic (exact) mass is 300 g/mol. The first-order valence-corrected chi connectivity index (χ1v) is 7.09. The van der Waals surface area contributed by atoms with Gasteiger partial charge in [0.2, 0.25) is 0 Å². The summed E-state index contributed by atoms with van der Waals surface area (Å²) in [5, 5.41) is 14.9. The molecule has 0 aliphatic carbocycles. The molecule has 0 fully saturated rings. The summed E-state index contributed by atoms with van der Waals surface area (Å²) < 4.78 is 5.55. The van der Waals surface area contributed by atoms with Gasteiger partial charge in [0, 0.05) is 5.02 Å². The molecule has 2 amide bonds. The number of ether oxygens (including phenoxy) is 1. The molecule has 6 heteroatoms. The molecule has 0 radical (unpaired) electrons. The molecule has 5 nitrogen and oxygen atoms in total. The number of hydrogen-bond donors (Lipinski definition) is 3. The van der Waals surface area contributed by atoms with Gasteiger partial charge in [-0.05, 0) is 31.0 Å². The van der Waals surface area contributed by atoms with E-state index in [1.807, 2.05) is 13.8 Å². The lowest BCUT2D eigenvalue weighted by atomic mass is 10.2. The number of carbonyl (C=O) groups excluding carboxylic acids is 1. The van der Waals surface area contributed by atoms with Gasteiger partial charge in [0.25, 0.3) is 0 Å². The second kappa shape index (κ2) is 8.66. The summed E-state index contributed by atoms with van der Waals surface area (Å²) in [7, 11) is 0. The summed E-state index contributed by atoms with van der Waals surface area (Å²) in [6.45, 7) is 4.35. The third-order valence-corrected chi connectivity index (χ3v) is 2.94. The number of anilines is 1. The Morgan fingerprint density at radius 1 is 1.45 bits per heavy atom. The fourth-order valence-corrected chi connectivity index (χ4v) is 1.73. The molecular formula is C14H21ClN2O3. The third-order valence-electron chi connectivity index (χ3n) is 2.70. The zero-order valence-corrected chi connectivity index (χ0v) is 12.5. The summed E-state index contributed by atoms with van der Waals surface area (Å²) in [4.78, 5) is 11.8. The predicted octanol–water partition coefficient (Wildman–Crippen LogP) is 3.02. The third kappa shape index (κ3) is 5.27. The number of nitrogens with one attached hydrogen (secondary N) is 2. The Bertz CT molecular complexity index is 436. The van der Waals surface area contributed by atoms with Crippen molar-refractivity contribution in [2.45, 2.75) is 32.7 Å². The van der Waals surface area contributed by atoms with Gasteiger partial charge < -0.3 is 20.5 Å². The van der Waals surface area contributed by atoms with Gasteiger partial charge >= 0.3 is 6.03 Å². The molecule has 0 aromatic heterocycles. The average molecular weight is 301 g/mol. The Morgan fingerprint density at radius 2 is 2.20 bits per heavy atom. The van der Waals surface area contributed by atoms with Crippen LogP contribution in [-0.4, -0.2) is 30.4 Å². The first-order chi connectivity index (χ1) is 9.60. The van der Waals surface area contributed by atoms with Crippen LogP contribution in [0, 0.1) is 0 Å². The van der Waals surface area contributed by atoms with Crippen LogP contribution in [0.2, 0.25) is 5.02 Å². The van der Waals surface area contributed by atoms with Crippen molar-refractivity contribution in [3.63, 3.8) is 0 Å². The minimum absolute atomic E-state index is 0.0986. The van der Waals surface area contributed by atoms with Gasteiger partial charge in [0.15, 0.2) is 0 Å². The lowest BCUT2D eigenvalue weighted by Crippen LogP contribution is -2.39. The molecule has 1 rings (SSSR count). The van der Waals surface area contributed by atoms with E-state index in [9.17, 15) is 4.79 Å². The van der Waals surface area contributed by atoms with E-state index >= 15 is 0 Å². The number of hydrogen-bond acceptors (Lipinski definition) is 3. The molecule has 0 spiro atoms. The largest absolute Gasteiger partial charge is 0.491 e. The zero-order valence-electron chi connectivity index (χ0n) is 11.8. The molecule has 1 aromatic rings. The zero-order chi connectivity index (χ0) is 15.0. The Balaban J connectivity index is 2.74. The van der Waals surface area contributed by atoms with Crippen molar-refractivity contribution < 1.29 is 14.6 Å². The van der Waals surface area contributed by atoms with E-state index in [1.165, 1.54) is 0 Å². The van der Waals surface area contributed by atoms with Crippen LogP contribution in [0.25, 0.3) is 0 Å². The van der Waals surface area contributed by atoms with E-state index in [2.05, 4.69) is 10.6 Å². The summed E-state index contributed by atoms with van der Waals surface area (Å²) in [6.07, 6.45) is 1.52. The Hall–Kier alpha value is -1.46. The molecule has 1 atom stereocenters. The molecule has 0 saturated heterocycles. The van der Waals surface area contributed by atoms with E-state index in [1.54, 1.807) is 18.2 Å². The molecular weight excluding hydrogens is 280 g/mol. The number of benzene rings is 1. The van der Waals surface area contributed by atoms with Crippen LogP contribution < -0.4 is 15.4 Å². The molecule has 0 aliphatic rings. The molecule has 0 heterocycles. The minimum Gasteiger partial charge on any atom is -0.491 e. The summed E-state index contributed by atoms with van der Waals surface area (Å²) in [6, 6.07) is 4.39. The lowest BCUT2D eigenvalue weighted by molar-refractivity contribution is 0.222. The van der Waals surface area contributed by atoms with Crippen molar-refractivity contribution in [2.24, 2.45) is 0 Å².